The topological polar surface area (TPSA) is 15.3 Å². The van der Waals surface area contributed by atoms with Gasteiger partial charge in [0.05, 0.1) is 0 Å². The Morgan fingerprint density at radius 2 is 1.80 bits per heavy atom. The van der Waals surface area contributed by atoms with Gasteiger partial charge >= 0.3 is 0 Å². The zero-order valence-electron chi connectivity index (χ0n) is 11.1. The lowest BCUT2D eigenvalue weighted by Gasteiger charge is -2.34. The molecule has 0 heterocycles. The van der Waals surface area contributed by atoms with E-state index in [4.69, 9.17) is 0 Å². The monoisotopic (exact) mass is 212 g/mol. The Morgan fingerprint density at radius 1 is 1.20 bits per heavy atom. The number of nitrogens with zero attached hydrogens (tertiary/aromatic N) is 1. The van der Waals surface area contributed by atoms with Gasteiger partial charge in [-0.05, 0) is 26.7 Å². The first-order chi connectivity index (χ1) is 6.99. The molecule has 0 rings (SSSR count). The minimum Gasteiger partial charge on any atom is -0.312 e. The Morgan fingerprint density at radius 3 is 2.20 bits per heavy atom. The number of hydrogen-bond donors (Lipinski definition) is 1. The molecule has 1 atom stereocenters. The summed E-state index contributed by atoms with van der Waals surface area (Å²) in [4.78, 5) is 2.56. The van der Waals surface area contributed by atoms with Crippen molar-refractivity contribution in [1.29, 1.82) is 0 Å². The van der Waals surface area contributed by atoms with E-state index in [1.54, 1.807) is 0 Å². The van der Waals surface area contributed by atoms with Gasteiger partial charge in [-0.3, -0.25) is 4.90 Å². The van der Waals surface area contributed by atoms with Crippen molar-refractivity contribution in [2.24, 2.45) is 5.92 Å². The fourth-order valence-corrected chi connectivity index (χ4v) is 1.83. The van der Waals surface area contributed by atoms with Crippen LogP contribution in [0, 0.1) is 5.92 Å². The zero-order valence-corrected chi connectivity index (χ0v) is 11.1. The summed E-state index contributed by atoms with van der Waals surface area (Å²) in [5.41, 5.74) is 0. The number of nitrogens with one attached hydrogen (secondary N) is 1. The van der Waals surface area contributed by atoms with Gasteiger partial charge in [0, 0.05) is 31.7 Å². The molecule has 15 heavy (non-hydrogen) atoms. The molecule has 1 unspecified atom stereocenters. The van der Waals surface area contributed by atoms with Crippen LogP contribution in [-0.4, -0.2) is 36.6 Å². The molecule has 0 radical (unpaired) electrons. The molecule has 0 saturated heterocycles. The smallest absolute Gasteiger partial charge is 0.0195 e. The normalized spacial score (nSPS) is 13.9. The second-order valence-electron chi connectivity index (χ2n) is 4.98. The van der Waals surface area contributed by atoms with E-state index in [-0.39, 0.29) is 0 Å². The Bertz CT molecular complexity index is 164. The highest BCUT2D eigenvalue weighted by Crippen LogP contribution is 2.08. The van der Waals surface area contributed by atoms with Crippen LogP contribution in [0.25, 0.3) is 0 Å². The largest absolute Gasteiger partial charge is 0.312 e. The fourth-order valence-electron chi connectivity index (χ4n) is 1.83. The molecule has 0 aromatic heterocycles. The first-order valence-electron chi connectivity index (χ1n) is 6.06. The fraction of sp³-hybridized carbons (Fsp3) is 0.846. The van der Waals surface area contributed by atoms with E-state index in [9.17, 15) is 0 Å². The highest BCUT2D eigenvalue weighted by atomic mass is 15.2. The Labute approximate surface area is 95.7 Å². The lowest BCUT2D eigenvalue weighted by molar-refractivity contribution is 0.143. The third-order valence-corrected chi connectivity index (χ3v) is 2.53. The van der Waals surface area contributed by atoms with Crippen LogP contribution in [0.3, 0.4) is 0 Å². The van der Waals surface area contributed by atoms with Gasteiger partial charge in [-0.25, -0.2) is 0 Å². The lowest BCUT2D eigenvalue weighted by Crippen LogP contribution is -2.45. The maximum absolute atomic E-state index is 3.71. The van der Waals surface area contributed by atoms with Crippen molar-refractivity contribution in [3.8, 4) is 0 Å². The number of rotatable bonds is 8. The molecule has 2 heteroatoms. The maximum Gasteiger partial charge on any atom is 0.0195 e. The lowest BCUT2D eigenvalue weighted by atomic mass is 10.1. The van der Waals surface area contributed by atoms with Crippen molar-refractivity contribution >= 4 is 0 Å². The average Bonchev–Trinajstić information content (AvgIpc) is 2.13. The van der Waals surface area contributed by atoms with Crippen LogP contribution in [0.1, 0.15) is 34.6 Å². The predicted octanol–water partition coefficient (Wildman–Crippen LogP) is 2.52. The number of hydrogen-bond acceptors (Lipinski definition) is 2. The van der Waals surface area contributed by atoms with Crippen molar-refractivity contribution in [1.82, 2.24) is 10.2 Å². The van der Waals surface area contributed by atoms with Crippen molar-refractivity contribution in [2.75, 3.05) is 19.6 Å². The Hall–Kier alpha value is -0.340. The van der Waals surface area contributed by atoms with E-state index >= 15 is 0 Å². The summed E-state index contributed by atoms with van der Waals surface area (Å²) in [6, 6.07) is 1.21. The van der Waals surface area contributed by atoms with E-state index < -0.39 is 0 Å². The van der Waals surface area contributed by atoms with Crippen LogP contribution in [-0.2, 0) is 0 Å². The first kappa shape index (κ1) is 14.7. The van der Waals surface area contributed by atoms with E-state index in [2.05, 4.69) is 51.4 Å². The Kier molecular flexibility index (Phi) is 7.71. The summed E-state index contributed by atoms with van der Waals surface area (Å²) in [6.07, 6.45) is 1.91. The molecule has 0 aliphatic heterocycles. The van der Waals surface area contributed by atoms with Crippen LogP contribution in [0.5, 0.6) is 0 Å². The third-order valence-electron chi connectivity index (χ3n) is 2.53. The molecule has 0 fully saturated rings. The standard InChI is InChI=1S/C13H28N2/c1-7-8-14-9-13(6)15(12(4)5)10-11(2)3/h7,11-14H,1,8-10H2,2-6H3. The molecular formula is C13H28N2. The summed E-state index contributed by atoms with van der Waals surface area (Å²) >= 11 is 0. The van der Waals surface area contributed by atoms with Gasteiger partial charge < -0.3 is 5.32 Å². The van der Waals surface area contributed by atoms with E-state index in [1.807, 2.05) is 6.08 Å². The van der Waals surface area contributed by atoms with Gasteiger partial charge in [0.25, 0.3) is 0 Å². The van der Waals surface area contributed by atoms with Crippen molar-refractivity contribution in [3.05, 3.63) is 12.7 Å². The average molecular weight is 212 g/mol. The molecule has 0 amide bonds. The summed E-state index contributed by atoms with van der Waals surface area (Å²) in [7, 11) is 0. The molecule has 0 aliphatic rings. The van der Waals surface area contributed by atoms with Crippen molar-refractivity contribution in [3.63, 3.8) is 0 Å². The summed E-state index contributed by atoms with van der Waals surface area (Å²) in [5.74, 6) is 0.731. The van der Waals surface area contributed by atoms with Crippen LogP contribution < -0.4 is 5.32 Å². The van der Waals surface area contributed by atoms with Crippen LogP contribution in [0.15, 0.2) is 12.7 Å². The molecule has 1 N–H and O–H groups in total. The van der Waals surface area contributed by atoms with Gasteiger partial charge in [0.15, 0.2) is 0 Å². The van der Waals surface area contributed by atoms with E-state index in [0.29, 0.717) is 12.1 Å². The highest BCUT2D eigenvalue weighted by Gasteiger charge is 2.17. The summed E-state index contributed by atoms with van der Waals surface area (Å²) in [6.45, 7) is 18.2. The molecule has 0 bridgehead atoms. The van der Waals surface area contributed by atoms with Crippen LogP contribution >= 0.6 is 0 Å². The SMILES string of the molecule is C=CCNCC(C)N(CC(C)C)C(C)C. The summed E-state index contributed by atoms with van der Waals surface area (Å²) < 4.78 is 0. The molecule has 0 aliphatic carbocycles. The molecule has 0 aromatic carbocycles. The van der Waals surface area contributed by atoms with Gasteiger partial charge in [-0.15, -0.1) is 6.58 Å². The minimum absolute atomic E-state index is 0.590. The quantitative estimate of drug-likeness (QED) is 0.491. The third kappa shape index (κ3) is 6.69. The van der Waals surface area contributed by atoms with E-state index in [1.165, 1.54) is 6.54 Å². The Balaban J connectivity index is 4.04. The molecule has 0 spiro atoms. The second kappa shape index (κ2) is 7.89. The van der Waals surface area contributed by atoms with Crippen LogP contribution in [0.4, 0.5) is 0 Å². The van der Waals surface area contributed by atoms with Gasteiger partial charge in [0.2, 0.25) is 0 Å². The highest BCUT2D eigenvalue weighted by molar-refractivity contribution is 4.76. The zero-order chi connectivity index (χ0) is 11.8. The van der Waals surface area contributed by atoms with Crippen LogP contribution in [0.2, 0.25) is 0 Å². The first-order valence-corrected chi connectivity index (χ1v) is 6.06. The molecular weight excluding hydrogens is 184 g/mol. The van der Waals surface area contributed by atoms with Crippen molar-refractivity contribution in [2.45, 2.75) is 46.7 Å². The van der Waals surface area contributed by atoms with E-state index in [0.717, 1.165) is 19.0 Å². The van der Waals surface area contributed by atoms with Gasteiger partial charge in [-0.2, -0.15) is 0 Å². The molecule has 90 valence electrons. The maximum atomic E-state index is 3.71. The molecule has 0 aromatic rings. The molecule has 0 saturated carbocycles. The predicted molar refractivity (Wildman–Crippen MR) is 69.2 cm³/mol. The van der Waals surface area contributed by atoms with Crippen molar-refractivity contribution < 1.29 is 0 Å². The molecule has 2 nitrogen and oxygen atoms in total. The van der Waals surface area contributed by atoms with Gasteiger partial charge in [-0.1, -0.05) is 19.9 Å². The minimum atomic E-state index is 0.590. The van der Waals surface area contributed by atoms with Gasteiger partial charge in [0.1, 0.15) is 0 Å². The second-order valence-corrected chi connectivity index (χ2v) is 4.98. The summed E-state index contributed by atoms with van der Waals surface area (Å²) in [5, 5.41) is 3.38.